The topological polar surface area (TPSA) is 17.1 Å². The van der Waals surface area contributed by atoms with Crippen molar-refractivity contribution in [3.8, 4) is 0 Å². The number of allylic oxidation sites excluding steroid dienone is 1. The van der Waals surface area contributed by atoms with Crippen LogP contribution in [0.4, 0.5) is 0 Å². The Morgan fingerprint density at radius 3 is 2.35 bits per heavy atom. The maximum Gasteiger partial charge on any atom is 0.185 e. The number of ketones is 1. The number of rotatable bonds is 4. The molecule has 0 bridgehead atoms. The van der Waals surface area contributed by atoms with Gasteiger partial charge in [0.1, 0.15) is 0 Å². The minimum atomic E-state index is 0.0108. The molecule has 0 aromatic heterocycles. The highest BCUT2D eigenvalue weighted by Gasteiger charge is 2.02. The van der Waals surface area contributed by atoms with E-state index in [1.807, 2.05) is 54.8 Å². The summed E-state index contributed by atoms with van der Waals surface area (Å²) in [4.78, 5) is 13.2. The van der Waals surface area contributed by atoms with Crippen molar-refractivity contribution in [2.75, 3.05) is 6.26 Å². The molecular formula is C16H12Br2OS. The molecule has 0 aliphatic heterocycles. The van der Waals surface area contributed by atoms with Crippen LogP contribution in [0.25, 0.3) is 6.08 Å². The summed E-state index contributed by atoms with van der Waals surface area (Å²) in [5.74, 6) is 0.0108. The Kier molecular flexibility index (Phi) is 5.64. The van der Waals surface area contributed by atoms with E-state index in [-0.39, 0.29) is 5.78 Å². The zero-order valence-corrected chi connectivity index (χ0v) is 14.8. The van der Waals surface area contributed by atoms with Gasteiger partial charge in [-0.25, -0.2) is 0 Å². The Morgan fingerprint density at radius 2 is 1.75 bits per heavy atom. The van der Waals surface area contributed by atoms with Gasteiger partial charge in [0.2, 0.25) is 0 Å². The van der Waals surface area contributed by atoms with E-state index in [1.54, 1.807) is 17.8 Å². The van der Waals surface area contributed by atoms with E-state index < -0.39 is 0 Å². The van der Waals surface area contributed by atoms with Gasteiger partial charge in [-0.2, -0.15) is 0 Å². The summed E-state index contributed by atoms with van der Waals surface area (Å²) in [5, 5.41) is 0. The van der Waals surface area contributed by atoms with Gasteiger partial charge < -0.3 is 0 Å². The van der Waals surface area contributed by atoms with E-state index in [9.17, 15) is 4.79 Å². The van der Waals surface area contributed by atoms with Gasteiger partial charge in [-0.1, -0.05) is 12.1 Å². The molecule has 20 heavy (non-hydrogen) atoms. The largest absolute Gasteiger partial charge is 0.289 e. The van der Waals surface area contributed by atoms with Crippen LogP contribution in [-0.4, -0.2) is 12.0 Å². The molecule has 0 radical (unpaired) electrons. The van der Waals surface area contributed by atoms with Gasteiger partial charge in [0.05, 0.1) is 0 Å². The van der Waals surface area contributed by atoms with E-state index in [0.717, 1.165) is 19.4 Å². The Labute approximate surface area is 139 Å². The average molecular weight is 412 g/mol. The first-order chi connectivity index (χ1) is 9.60. The van der Waals surface area contributed by atoms with Crippen molar-refractivity contribution < 1.29 is 4.79 Å². The fourth-order valence-electron chi connectivity index (χ4n) is 1.64. The summed E-state index contributed by atoms with van der Waals surface area (Å²) in [6.45, 7) is 0. The molecule has 0 N–H and O–H groups in total. The van der Waals surface area contributed by atoms with Crippen molar-refractivity contribution in [1.82, 2.24) is 0 Å². The van der Waals surface area contributed by atoms with Gasteiger partial charge in [-0.3, -0.25) is 4.79 Å². The summed E-state index contributed by atoms with van der Waals surface area (Å²) < 4.78 is 1.96. The third-order valence-electron chi connectivity index (χ3n) is 2.75. The summed E-state index contributed by atoms with van der Waals surface area (Å²) in [6.07, 6.45) is 5.44. The van der Waals surface area contributed by atoms with E-state index in [0.29, 0.717) is 5.56 Å². The number of hydrogen-bond donors (Lipinski definition) is 0. The highest BCUT2D eigenvalue weighted by molar-refractivity contribution is 9.13. The second-order valence-corrected chi connectivity index (χ2v) is 6.69. The second kappa shape index (κ2) is 7.25. The van der Waals surface area contributed by atoms with Crippen LogP contribution in [0.2, 0.25) is 0 Å². The highest BCUT2D eigenvalue weighted by atomic mass is 79.9. The molecule has 0 spiro atoms. The van der Waals surface area contributed by atoms with Crippen molar-refractivity contribution in [3.05, 3.63) is 68.6 Å². The normalized spacial score (nSPS) is 10.9. The van der Waals surface area contributed by atoms with Crippen LogP contribution in [0.5, 0.6) is 0 Å². The first kappa shape index (κ1) is 15.5. The minimum Gasteiger partial charge on any atom is -0.289 e. The van der Waals surface area contributed by atoms with Crippen molar-refractivity contribution >= 4 is 55.5 Å². The van der Waals surface area contributed by atoms with Gasteiger partial charge in [0.25, 0.3) is 0 Å². The van der Waals surface area contributed by atoms with Gasteiger partial charge in [0.15, 0.2) is 5.78 Å². The predicted molar refractivity (Wildman–Crippen MR) is 93.4 cm³/mol. The van der Waals surface area contributed by atoms with E-state index in [2.05, 4.69) is 31.9 Å². The molecule has 0 fully saturated rings. The van der Waals surface area contributed by atoms with Gasteiger partial charge in [0, 0.05) is 19.4 Å². The third-order valence-corrected chi connectivity index (χ3v) is 5.37. The van der Waals surface area contributed by atoms with Gasteiger partial charge >= 0.3 is 0 Å². The first-order valence-electron chi connectivity index (χ1n) is 5.91. The summed E-state index contributed by atoms with van der Waals surface area (Å²) in [6, 6.07) is 13.5. The molecule has 2 aromatic carbocycles. The fourth-order valence-corrected chi connectivity index (χ4v) is 2.69. The van der Waals surface area contributed by atoms with Crippen LogP contribution in [0.15, 0.2) is 62.4 Å². The summed E-state index contributed by atoms with van der Waals surface area (Å²) in [5.41, 5.74) is 1.68. The molecule has 4 heteroatoms. The molecule has 1 nitrogen and oxygen atoms in total. The van der Waals surface area contributed by atoms with Crippen LogP contribution in [0.1, 0.15) is 15.9 Å². The Hall–Kier alpha value is -0.840. The van der Waals surface area contributed by atoms with Gasteiger partial charge in [-0.05, 0) is 86.2 Å². The maximum atomic E-state index is 12.1. The lowest BCUT2D eigenvalue weighted by atomic mass is 10.1. The molecule has 0 aliphatic carbocycles. The summed E-state index contributed by atoms with van der Waals surface area (Å²) in [7, 11) is 0. The fraction of sp³-hybridized carbons (Fsp3) is 0.0625. The summed E-state index contributed by atoms with van der Waals surface area (Å²) >= 11 is 8.53. The quantitative estimate of drug-likeness (QED) is 0.357. The zero-order chi connectivity index (χ0) is 14.5. The molecule has 0 atom stereocenters. The molecule has 0 heterocycles. The van der Waals surface area contributed by atoms with E-state index in [4.69, 9.17) is 0 Å². The Morgan fingerprint density at radius 1 is 1.05 bits per heavy atom. The number of thioether (sulfide) groups is 1. The molecule has 0 unspecified atom stereocenters. The van der Waals surface area contributed by atoms with Crippen molar-refractivity contribution in [2.24, 2.45) is 0 Å². The molecule has 0 saturated carbocycles. The number of hydrogen-bond acceptors (Lipinski definition) is 2. The van der Waals surface area contributed by atoms with Crippen LogP contribution >= 0.6 is 43.6 Å². The van der Waals surface area contributed by atoms with Crippen LogP contribution in [-0.2, 0) is 0 Å². The predicted octanol–water partition coefficient (Wildman–Crippen LogP) is 5.83. The van der Waals surface area contributed by atoms with E-state index in [1.165, 1.54) is 0 Å². The van der Waals surface area contributed by atoms with Crippen molar-refractivity contribution in [2.45, 2.75) is 4.90 Å². The molecule has 102 valence electrons. The standard InChI is InChI=1S/C16H12Br2OS/c1-20-13-6-4-12(5-7-13)16(19)9-3-11-2-8-14(17)15(18)10-11/h2-10H,1H3. The maximum absolute atomic E-state index is 12.1. The first-order valence-corrected chi connectivity index (χ1v) is 8.73. The number of carbonyl (C=O) groups excluding carboxylic acids is 1. The number of benzene rings is 2. The van der Waals surface area contributed by atoms with Crippen LogP contribution < -0.4 is 0 Å². The molecule has 2 aromatic rings. The van der Waals surface area contributed by atoms with Gasteiger partial charge in [-0.15, -0.1) is 11.8 Å². The monoisotopic (exact) mass is 410 g/mol. The Balaban J connectivity index is 2.13. The van der Waals surface area contributed by atoms with Crippen molar-refractivity contribution in [1.29, 1.82) is 0 Å². The number of halogens is 2. The third kappa shape index (κ3) is 4.08. The highest BCUT2D eigenvalue weighted by Crippen LogP contribution is 2.24. The van der Waals surface area contributed by atoms with Crippen LogP contribution in [0, 0.1) is 0 Å². The smallest absolute Gasteiger partial charge is 0.185 e. The SMILES string of the molecule is CSc1ccc(C(=O)C=Cc2ccc(Br)c(Br)c2)cc1. The average Bonchev–Trinajstić information content (AvgIpc) is 2.48. The minimum absolute atomic E-state index is 0.0108. The lowest BCUT2D eigenvalue weighted by Gasteiger charge is -2.00. The molecule has 0 saturated heterocycles. The molecule has 0 amide bonds. The van der Waals surface area contributed by atoms with Crippen molar-refractivity contribution in [3.63, 3.8) is 0 Å². The molecule has 0 aliphatic rings. The Bertz CT molecular complexity index is 648. The zero-order valence-electron chi connectivity index (χ0n) is 10.8. The molecular weight excluding hydrogens is 400 g/mol. The molecule has 2 rings (SSSR count). The van der Waals surface area contributed by atoms with Crippen LogP contribution in [0.3, 0.4) is 0 Å². The number of carbonyl (C=O) groups is 1. The van der Waals surface area contributed by atoms with E-state index >= 15 is 0 Å². The lowest BCUT2D eigenvalue weighted by molar-refractivity contribution is 0.104. The lowest BCUT2D eigenvalue weighted by Crippen LogP contribution is -1.93. The second-order valence-electron chi connectivity index (χ2n) is 4.10.